The first-order chi connectivity index (χ1) is 10.7. The SMILES string of the molecule is CC1CCN(Cc2ccc(C#Cc3ccccc3)cn2)C1=O. The molecule has 0 radical (unpaired) electrons. The lowest BCUT2D eigenvalue weighted by Gasteiger charge is -2.15. The summed E-state index contributed by atoms with van der Waals surface area (Å²) in [5.74, 6) is 6.60. The van der Waals surface area contributed by atoms with Gasteiger partial charge in [0, 0.05) is 29.8 Å². The van der Waals surface area contributed by atoms with Gasteiger partial charge in [0.1, 0.15) is 0 Å². The van der Waals surface area contributed by atoms with E-state index < -0.39 is 0 Å². The van der Waals surface area contributed by atoms with Crippen molar-refractivity contribution < 1.29 is 4.79 Å². The minimum Gasteiger partial charge on any atom is -0.337 e. The van der Waals surface area contributed by atoms with Crippen LogP contribution in [0.15, 0.2) is 48.7 Å². The fraction of sp³-hybridized carbons (Fsp3) is 0.263. The zero-order valence-corrected chi connectivity index (χ0v) is 12.6. The van der Waals surface area contributed by atoms with Crippen LogP contribution in [0, 0.1) is 17.8 Å². The van der Waals surface area contributed by atoms with Gasteiger partial charge in [-0.3, -0.25) is 9.78 Å². The standard InChI is InChI=1S/C19H18N2O/c1-15-11-12-21(19(15)22)14-18-10-9-17(13-20-18)8-7-16-5-3-2-4-6-16/h2-6,9-10,13,15H,11-12,14H2,1H3. The molecule has 110 valence electrons. The molecule has 2 aromatic rings. The molecule has 1 unspecified atom stereocenters. The second-order valence-corrected chi connectivity index (χ2v) is 5.60. The maximum atomic E-state index is 11.9. The van der Waals surface area contributed by atoms with Crippen molar-refractivity contribution in [2.24, 2.45) is 5.92 Å². The third kappa shape index (κ3) is 3.35. The van der Waals surface area contributed by atoms with E-state index in [1.165, 1.54) is 0 Å². The summed E-state index contributed by atoms with van der Waals surface area (Å²) in [6, 6.07) is 13.8. The summed E-state index contributed by atoms with van der Waals surface area (Å²) in [7, 11) is 0. The highest BCUT2D eigenvalue weighted by Crippen LogP contribution is 2.18. The van der Waals surface area contributed by atoms with Crippen LogP contribution in [0.3, 0.4) is 0 Å². The molecule has 1 aromatic heterocycles. The predicted octanol–water partition coefficient (Wildman–Crippen LogP) is 2.85. The second kappa shape index (κ2) is 6.44. The van der Waals surface area contributed by atoms with Crippen molar-refractivity contribution in [2.45, 2.75) is 19.9 Å². The van der Waals surface area contributed by atoms with Crippen LogP contribution in [-0.4, -0.2) is 22.3 Å². The first kappa shape index (κ1) is 14.3. The predicted molar refractivity (Wildman–Crippen MR) is 85.9 cm³/mol. The lowest BCUT2D eigenvalue weighted by Crippen LogP contribution is -2.26. The number of benzene rings is 1. The number of nitrogens with zero attached hydrogens (tertiary/aromatic N) is 2. The Balaban J connectivity index is 1.66. The number of aromatic nitrogens is 1. The number of amides is 1. The molecule has 3 heteroatoms. The van der Waals surface area contributed by atoms with Gasteiger partial charge in [-0.1, -0.05) is 37.0 Å². The molecule has 3 nitrogen and oxygen atoms in total. The first-order valence-corrected chi connectivity index (χ1v) is 7.53. The van der Waals surface area contributed by atoms with Gasteiger partial charge in [-0.15, -0.1) is 0 Å². The Morgan fingerprint density at radius 1 is 1.14 bits per heavy atom. The highest BCUT2D eigenvalue weighted by molar-refractivity contribution is 5.80. The Morgan fingerprint density at radius 3 is 2.55 bits per heavy atom. The summed E-state index contributed by atoms with van der Waals surface area (Å²) in [4.78, 5) is 18.2. The lowest BCUT2D eigenvalue weighted by atomic mass is 10.1. The number of hydrogen-bond acceptors (Lipinski definition) is 2. The van der Waals surface area contributed by atoms with Gasteiger partial charge >= 0.3 is 0 Å². The van der Waals surface area contributed by atoms with Gasteiger partial charge in [-0.2, -0.15) is 0 Å². The van der Waals surface area contributed by atoms with Crippen molar-refractivity contribution in [3.05, 3.63) is 65.5 Å². The first-order valence-electron chi connectivity index (χ1n) is 7.53. The summed E-state index contributed by atoms with van der Waals surface area (Å²) < 4.78 is 0. The van der Waals surface area contributed by atoms with Gasteiger partial charge in [0.15, 0.2) is 0 Å². The number of hydrogen-bond donors (Lipinski definition) is 0. The maximum Gasteiger partial charge on any atom is 0.225 e. The Hall–Kier alpha value is -2.60. The molecule has 1 amide bonds. The van der Waals surface area contributed by atoms with E-state index in [0.29, 0.717) is 6.54 Å². The Bertz CT molecular complexity index is 711. The van der Waals surface area contributed by atoms with E-state index >= 15 is 0 Å². The van der Waals surface area contributed by atoms with Crippen LogP contribution in [0.2, 0.25) is 0 Å². The highest BCUT2D eigenvalue weighted by atomic mass is 16.2. The van der Waals surface area contributed by atoms with Gasteiger partial charge in [-0.05, 0) is 30.7 Å². The molecule has 0 saturated carbocycles. The fourth-order valence-corrected chi connectivity index (χ4v) is 2.51. The third-order valence-electron chi connectivity index (χ3n) is 3.87. The van der Waals surface area contributed by atoms with Crippen LogP contribution in [0.5, 0.6) is 0 Å². The quantitative estimate of drug-likeness (QED) is 0.797. The van der Waals surface area contributed by atoms with Crippen LogP contribution >= 0.6 is 0 Å². The van der Waals surface area contributed by atoms with Gasteiger partial charge < -0.3 is 4.90 Å². The van der Waals surface area contributed by atoms with Crippen molar-refractivity contribution in [1.29, 1.82) is 0 Å². The van der Waals surface area contributed by atoms with E-state index in [9.17, 15) is 4.79 Å². The van der Waals surface area contributed by atoms with Crippen molar-refractivity contribution in [2.75, 3.05) is 6.54 Å². The van der Waals surface area contributed by atoms with Crippen LogP contribution in [0.4, 0.5) is 0 Å². The van der Waals surface area contributed by atoms with E-state index in [0.717, 1.165) is 29.8 Å². The number of likely N-dealkylation sites (tertiary alicyclic amines) is 1. The summed E-state index contributed by atoms with van der Waals surface area (Å²) in [5.41, 5.74) is 2.78. The molecule has 0 aliphatic carbocycles. The second-order valence-electron chi connectivity index (χ2n) is 5.60. The van der Waals surface area contributed by atoms with E-state index in [2.05, 4.69) is 16.8 Å². The minimum absolute atomic E-state index is 0.149. The molecule has 1 saturated heterocycles. The number of rotatable bonds is 2. The largest absolute Gasteiger partial charge is 0.337 e. The fourth-order valence-electron chi connectivity index (χ4n) is 2.51. The van der Waals surface area contributed by atoms with E-state index in [4.69, 9.17) is 0 Å². The normalized spacial score (nSPS) is 17.2. The molecule has 1 atom stereocenters. The molecular formula is C19H18N2O. The highest BCUT2D eigenvalue weighted by Gasteiger charge is 2.27. The molecule has 3 rings (SSSR count). The molecule has 1 aromatic carbocycles. The summed E-state index contributed by atoms with van der Waals surface area (Å²) in [5, 5.41) is 0. The van der Waals surface area contributed by atoms with E-state index in [1.807, 2.05) is 54.3 Å². The molecule has 2 heterocycles. The topological polar surface area (TPSA) is 33.2 Å². The summed E-state index contributed by atoms with van der Waals surface area (Å²) >= 11 is 0. The summed E-state index contributed by atoms with van der Waals surface area (Å²) in [6.45, 7) is 3.41. The van der Waals surface area contributed by atoms with Crippen LogP contribution in [0.25, 0.3) is 0 Å². The minimum atomic E-state index is 0.149. The molecule has 0 spiro atoms. The van der Waals surface area contributed by atoms with Crippen LogP contribution in [-0.2, 0) is 11.3 Å². The number of pyridine rings is 1. The molecular weight excluding hydrogens is 272 g/mol. The van der Waals surface area contributed by atoms with Gasteiger partial charge in [0.05, 0.1) is 12.2 Å². The maximum absolute atomic E-state index is 11.9. The van der Waals surface area contributed by atoms with Gasteiger partial charge in [0.2, 0.25) is 5.91 Å². The molecule has 1 aliphatic rings. The van der Waals surface area contributed by atoms with Crippen molar-refractivity contribution >= 4 is 5.91 Å². The number of carbonyl (C=O) groups excluding carboxylic acids is 1. The van der Waals surface area contributed by atoms with E-state index in [1.54, 1.807) is 6.20 Å². The van der Waals surface area contributed by atoms with Crippen LogP contribution < -0.4 is 0 Å². The Kier molecular flexibility index (Phi) is 4.20. The zero-order chi connectivity index (χ0) is 15.4. The molecule has 22 heavy (non-hydrogen) atoms. The van der Waals surface area contributed by atoms with E-state index in [-0.39, 0.29) is 11.8 Å². The van der Waals surface area contributed by atoms with Crippen molar-refractivity contribution in [3.63, 3.8) is 0 Å². The summed E-state index contributed by atoms with van der Waals surface area (Å²) in [6.07, 6.45) is 2.72. The number of carbonyl (C=O) groups is 1. The van der Waals surface area contributed by atoms with Crippen molar-refractivity contribution in [1.82, 2.24) is 9.88 Å². The Morgan fingerprint density at radius 2 is 1.91 bits per heavy atom. The molecule has 1 aliphatic heterocycles. The van der Waals surface area contributed by atoms with Crippen LogP contribution in [0.1, 0.15) is 30.2 Å². The molecule has 1 fully saturated rings. The Labute approximate surface area is 131 Å². The molecule has 0 N–H and O–H groups in total. The monoisotopic (exact) mass is 290 g/mol. The zero-order valence-electron chi connectivity index (χ0n) is 12.6. The van der Waals surface area contributed by atoms with Gasteiger partial charge in [-0.25, -0.2) is 0 Å². The smallest absolute Gasteiger partial charge is 0.225 e. The van der Waals surface area contributed by atoms with Crippen molar-refractivity contribution in [3.8, 4) is 11.8 Å². The van der Waals surface area contributed by atoms with Gasteiger partial charge in [0.25, 0.3) is 0 Å². The lowest BCUT2D eigenvalue weighted by molar-refractivity contribution is -0.131. The average Bonchev–Trinajstić information content (AvgIpc) is 2.87. The third-order valence-corrected chi connectivity index (χ3v) is 3.87. The average molecular weight is 290 g/mol. The molecule has 0 bridgehead atoms.